The van der Waals surface area contributed by atoms with Gasteiger partial charge in [0.15, 0.2) is 0 Å². The van der Waals surface area contributed by atoms with Crippen molar-refractivity contribution in [1.29, 1.82) is 0 Å². The van der Waals surface area contributed by atoms with Crippen molar-refractivity contribution in [1.82, 2.24) is 0 Å². The van der Waals surface area contributed by atoms with Crippen molar-refractivity contribution in [2.24, 2.45) is 5.92 Å². The predicted octanol–water partition coefficient (Wildman–Crippen LogP) is 3.12. The molecule has 0 aromatic heterocycles. The Balaban J connectivity index is 2.89. The van der Waals surface area contributed by atoms with Crippen LogP contribution in [-0.4, -0.2) is 11.2 Å². The molecule has 0 unspecified atom stereocenters. The van der Waals surface area contributed by atoms with E-state index in [0.717, 1.165) is 0 Å². The zero-order valence-electron chi connectivity index (χ0n) is 9.49. The van der Waals surface area contributed by atoms with Crippen LogP contribution in [0, 0.1) is 12.8 Å². The largest absolute Gasteiger partial charge is 0.392 e. The molecule has 0 saturated carbocycles. The predicted molar refractivity (Wildman–Crippen MR) is 60.4 cm³/mol. The summed E-state index contributed by atoms with van der Waals surface area (Å²) in [5.74, 6) is 0.529. The quantitative estimate of drug-likeness (QED) is 0.780. The second kappa shape index (κ2) is 4.61. The molecule has 14 heavy (non-hydrogen) atoms. The summed E-state index contributed by atoms with van der Waals surface area (Å²) in [5, 5.41) is 9.97. The second-order valence-electron chi connectivity index (χ2n) is 4.38. The lowest BCUT2D eigenvalue weighted by atomic mass is 9.87. The number of aliphatic hydroxyl groups excluding tert-OH is 1. The third-order valence-corrected chi connectivity index (χ3v) is 2.87. The van der Waals surface area contributed by atoms with Gasteiger partial charge in [-0.3, -0.25) is 0 Å². The van der Waals surface area contributed by atoms with E-state index < -0.39 is 0 Å². The summed E-state index contributed by atoms with van der Waals surface area (Å²) < 4.78 is 0. The first-order valence-corrected chi connectivity index (χ1v) is 5.27. The summed E-state index contributed by atoms with van der Waals surface area (Å²) >= 11 is 0. The zero-order chi connectivity index (χ0) is 10.7. The summed E-state index contributed by atoms with van der Waals surface area (Å²) in [6, 6.07) is 8.27. The topological polar surface area (TPSA) is 20.2 Å². The Labute approximate surface area is 86.8 Å². The highest BCUT2D eigenvalue weighted by Gasteiger charge is 2.20. The summed E-state index contributed by atoms with van der Waals surface area (Å²) in [6.07, 6.45) is -0.254. The van der Waals surface area contributed by atoms with Gasteiger partial charge in [-0.2, -0.15) is 0 Å². The maximum absolute atomic E-state index is 9.97. The van der Waals surface area contributed by atoms with Crippen molar-refractivity contribution in [3.05, 3.63) is 35.4 Å². The molecule has 0 saturated heterocycles. The van der Waals surface area contributed by atoms with Gasteiger partial charge in [0, 0.05) is 5.92 Å². The minimum absolute atomic E-state index is 0.219. The Morgan fingerprint density at radius 3 is 2.14 bits per heavy atom. The van der Waals surface area contributed by atoms with Crippen LogP contribution in [0.15, 0.2) is 24.3 Å². The van der Waals surface area contributed by atoms with Gasteiger partial charge in [-0.05, 0) is 24.0 Å². The van der Waals surface area contributed by atoms with E-state index in [0.29, 0.717) is 5.92 Å². The molecular weight excluding hydrogens is 172 g/mol. The van der Waals surface area contributed by atoms with Gasteiger partial charge in [-0.15, -0.1) is 0 Å². The minimum Gasteiger partial charge on any atom is -0.392 e. The van der Waals surface area contributed by atoms with Crippen molar-refractivity contribution in [3.63, 3.8) is 0 Å². The van der Waals surface area contributed by atoms with Crippen LogP contribution >= 0.6 is 0 Å². The lowest BCUT2D eigenvalue weighted by Gasteiger charge is -2.23. The average molecular weight is 192 g/mol. The van der Waals surface area contributed by atoms with Gasteiger partial charge in [0.1, 0.15) is 0 Å². The van der Waals surface area contributed by atoms with E-state index in [1.165, 1.54) is 11.1 Å². The van der Waals surface area contributed by atoms with Crippen LogP contribution in [0.5, 0.6) is 0 Å². The van der Waals surface area contributed by atoms with Gasteiger partial charge in [0.2, 0.25) is 0 Å². The van der Waals surface area contributed by atoms with Crippen LogP contribution in [0.25, 0.3) is 0 Å². The van der Waals surface area contributed by atoms with Gasteiger partial charge < -0.3 is 5.11 Å². The molecule has 0 heterocycles. The monoisotopic (exact) mass is 192 g/mol. The van der Waals surface area contributed by atoms with Crippen LogP contribution in [-0.2, 0) is 0 Å². The van der Waals surface area contributed by atoms with Crippen LogP contribution in [0.3, 0.4) is 0 Å². The third kappa shape index (κ3) is 2.36. The molecule has 0 aliphatic carbocycles. The Morgan fingerprint density at radius 2 is 1.64 bits per heavy atom. The number of aryl methyl sites for hydroxylation is 1. The van der Waals surface area contributed by atoms with E-state index in [1.54, 1.807) is 0 Å². The summed E-state index contributed by atoms with van der Waals surface area (Å²) in [7, 11) is 0. The molecule has 1 nitrogen and oxygen atoms in total. The fraction of sp³-hybridized carbons (Fsp3) is 0.538. The van der Waals surface area contributed by atoms with E-state index in [4.69, 9.17) is 0 Å². The first kappa shape index (κ1) is 11.3. The van der Waals surface area contributed by atoms with Crippen LogP contribution in [0.1, 0.15) is 37.8 Å². The molecule has 1 aromatic carbocycles. The van der Waals surface area contributed by atoms with Gasteiger partial charge in [0.25, 0.3) is 0 Å². The Bertz CT molecular complexity index is 291. The highest BCUT2D eigenvalue weighted by Crippen LogP contribution is 2.25. The first-order valence-electron chi connectivity index (χ1n) is 5.27. The third-order valence-electron chi connectivity index (χ3n) is 2.87. The molecule has 1 aromatic rings. The van der Waals surface area contributed by atoms with E-state index in [9.17, 15) is 5.11 Å². The molecule has 0 aliphatic rings. The maximum Gasteiger partial charge on any atom is 0.0629 e. The van der Waals surface area contributed by atoms with Crippen molar-refractivity contribution in [2.45, 2.75) is 39.7 Å². The van der Waals surface area contributed by atoms with Crippen LogP contribution < -0.4 is 0 Å². The highest BCUT2D eigenvalue weighted by molar-refractivity contribution is 5.29. The number of aliphatic hydroxyl groups is 1. The molecule has 1 heteroatoms. The summed E-state index contributed by atoms with van der Waals surface area (Å²) in [6.45, 7) is 8.30. The molecule has 0 amide bonds. The zero-order valence-corrected chi connectivity index (χ0v) is 9.49. The van der Waals surface area contributed by atoms with Crippen LogP contribution in [0.2, 0.25) is 0 Å². The summed E-state index contributed by atoms with van der Waals surface area (Å²) in [5.41, 5.74) is 2.52. The molecule has 0 fully saturated rings. The molecule has 2 atom stereocenters. The molecule has 0 aliphatic heterocycles. The van der Waals surface area contributed by atoms with Crippen molar-refractivity contribution in [2.75, 3.05) is 0 Å². The van der Waals surface area contributed by atoms with E-state index >= 15 is 0 Å². The molecule has 0 spiro atoms. The molecule has 1 rings (SSSR count). The Morgan fingerprint density at radius 1 is 1.07 bits per heavy atom. The second-order valence-corrected chi connectivity index (χ2v) is 4.38. The normalized spacial score (nSPS) is 15.6. The first-order chi connectivity index (χ1) is 6.54. The standard InChI is InChI=1S/C13H20O/c1-9(2)13(14)11(4)12-8-6-5-7-10(12)3/h5-9,11,13-14H,1-4H3/t11-,13+/m0/s1. The van der Waals surface area contributed by atoms with Crippen LogP contribution in [0.4, 0.5) is 0 Å². The fourth-order valence-corrected chi connectivity index (χ4v) is 1.86. The SMILES string of the molecule is Cc1ccccc1[C@H](C)[C@H](O)C(C)C. The number of benzene rings is 1. The van der Waals surface area contributed by atoms with E-state index in [1.807, 2.05) is 12.1 Å². The lowest BCUT2D eigenvalue weighted by Crippen LogP contribution is -2.22. The van der Waals surface area contributed by atoms with Gasteiger partial charge in [0.05, 0.1) is 6.10 Å². The molecule has 78 valence electrons. The number of hydrogen-bond acceptors (Lipinski definition) is 1. The van der Waals surface area contributed by atoms with E-state index in [2.05, 4.69) is 39.8 Å². The summed E-state index contributed by atoms with van der Waals surface area (Å²) in [4.78, 5) is 0. The smallest absolute Gasteiger partial charge is 0.0629 e. The van der Waals surface area contributed by atoms with Gasteiger partial charge in [-0.1, -0.05) is 45.0 Å². The van der Waals surface area contributed by atoms with Crippen molar-refractivity contribution >= 4 is 0 Å². The minimum atomic E-state index is -0.254. The molecule has 0 radical (unpaired) electrons. The van der Waals surface area contributed by atoms with E-state index in [-0.39, 0.29) is 12.0 Å². The maximum atomic E-state index is 9.97. The number of hydrogen-bond donors (Lipinski definition) is 1. The molecule has 0 bridgehead atoms. The molecular formula is C13H20O. The highest BCUT2D eigenvalue weighted by atomic mass is 16.3. The van der Waals surface area contributed by atoms with Crippen molar-refractivity contribution < 1.29 is 5.11 Å². The Kier molecular flexibility index (Phi) is 3.70. The fourth-order valence-electron chi connectivity index (χ4n) is 1.86. The Hall–Kier alpha value is -0.820. The number of rotatable bonds is 3. The lowest BCUT2D eigenvalue weighted by molar-refractivity contribution is 0.102. The molecule has 1 N–H and O–H groups in total. The van der Waals surface area contributed by atoms with Gasteiger partial charge in [-0.25, -0.2) is 0 Å². The average Bonchev–Trinajstić information content (AvgIpc) is 2.16. The van der Waals surface area contributed by atoms with Gasteiger partial charge >= 0.3 is 0 Å². The van der Waals surface area contributed by atoms with Crippen molar-refractivity contribution in [3.8, 4) is 0 Å².